The van der Waals surface area contributed by atoms with Gasteiger partial charge in [0.15, 0.2) is 11.5 Å². The number of rotatable bonds is 8. The molecule has 2 heterocycles. The molecule has 0 saturated heterocycles. The van der Waals surface area contributed by atoms with Crippen molar-refractivity contribution >= 4 is 21.4 Å². The fraction of sp³-hybridized carbons (Fsp3) is 0.300. The van der Waals surface area contributed by atoms with Crippen molar-refractivity contribution in [2.24, 2.45) is 0 Å². The van der Waals surface area contributed by atoms with Gasteiger partial charge >= 0.3 is 0 Å². The van der Waals surface area contributed by atoms with Crippen LogP contribution in [-0.4, -0.2) is 50.1 Å². The summed E-state index contributed by atoms with van der Waals surface area (Å²) in [5, 5.41) is 2.61. The summed E-state index contributed by atoms with van der Waals surface area (Å²) in [6.45, 7) is 2.61. The number of hydrogen-bond acceptors (Lipinski definition) is 7. The van der Waals surface area contributed by atoms with Gasteiger partial charge in [0, 0.05) is 37.3 Å². The highest BCUT2D eigenvalue weighted by Crippen LogP contribution is 2.33. The van der Waals surface area contributed by atoms with E-state index in [9.17, 15) is 13.2 Å². The molecule has 0 saturated carbocycles. The first-order chi connectivity index (χ1) is 14.3. The predicted molar refractivity (Wildman–Crippen MR) is 116 cm³/mol. The Bertz CT molecular complexity index is 1200. The number of hydrogen-bond donors (Lipinski definition) is 0. The fourth-order valence-corrected chi connectivity index (χ4v) is 4.49. The molecule has 0 spiro atoms. The molecule has 0 N–H and O–H groups in total. The first-order valence-electron chi connectivity index (χ1n) is 9.15. The highest BCUT2D eigenvalue weighted by Gasteiger charge is 2.18. The maximum atomic E-state index is 12.3. The van der Waals surface area contributed by atoms with Gasteiger partial charge in [0.05, 0.1) is 30.9 Å². The molecule has 0 fully saturated rings. The lowest BCUT2D eigenvalue weighted by Gasteiger charge is -2.12. The molecule has 1 aromatic carbocycles. The Kier molecular flexibility index (Phi) is 6.59. The molecule has 3 aromatic rings. The zero-order chi connectivity index (χ0) is 21.9. The van der Waals surface area contributed by atoms with Gasteiger partial charge in [-0.2, -0.15) is 0 Å². The second-order valence-electron chi connectivity index (χ2n) is 6.56. The maximum absolute atomic E-state index is 12.3. The van der Waals surface area contributed by atoms with Crippen molar-refractivity contribution in [3.63, 3.8) is 0 Å². The Balaban J connectivity index is 1.89. The van der Waals surface area contributed by atoms with Crippen LogP contribution in [0.15, 0.2) is 51.6 Å². The lowest BCUT2D eigenvalue weighted by Crippen LogP contribution is -2.26. The van der Waals surface area contributed by atoms with Crippen LogP contribution in [0.1, 0.15) is 12.6 Å². The second-order valence-corrected chi connectivity index (χ2v) is 9.57. The van der Waals surface area contributed by atoms with Crippen LogP contribution in [0, 0.1) is 0 Å². The largest absolute Gasteiger partial charge is 0.493 e. The van der Waals surface area contributed by atoms with Gasteiger partial charge in [-0.25, -0.2) is 17.7 Å². The molecule has 0 aliphatic carbocycles. The Morgan fingerprint density at radius 1 is 1.17 bits per heavy atom. The summed E-state index contributed by atoms with van der Waals surface area (Å²) in [6.07, 6.45) is 1.34. The van der Waals surface area contributed by atoms with Gasteiger partial charge in [-0.1, -0.05) is 0 Å². The van der Waals surface area contributed by atoms with E-state index in [0.717, 1.165) is 14.9 Å². The highest BCUT2D eigenvalue weighted by molar-refractivity contribution is 7.89. The van der Waals surface area contributed by atoms with E-state index in [1.807, 2.05) is 30.5 Å². The zero-order valence-electron chi connectivity index (χ0n) is 17.2. The molecule has 0 aliphatic rings. The normalized spacial score (nSPS) is 11.6. The molecule has 0 amide bonds. The second kappa shape index (κ2) is 8.99. The molecule has 0 bridgehead atoms. The van der Waals surface area contributed by atoms with E-state index in [1.54, 1.807) is 7.11 Å². The Morgan fingerprint density at radius 3 is 2.60 bits per heavy atom. The summed E-state index contributed by atoms with van der Waals surface area (Å²) in [5.74, 6) is 1.27. The van der Waals surface area contributed by atoms with E-state index >= 15 is 0 Å². The number of thiazole rings is 1. The maximum Gasteiger partial charge on any atom is 0.250 e. The molecule has 160 valence electrons. The van der Waals surface area contributed by atoms with Gasteiger partial charge in [0.25, 0.3) is 5.56 Å². The molecule has 30 heavy (non-hydrogen) atoms. The third kappa shape index (κ3) is 4.55. The fourth-order valence-electron chi connectivity index (χ4n) is 2.76. The minimum atomic E-state index is -3.63. The average Bonchev–Trinajstić information content (AvgIpc) is 3.18. The summed E-state index contributed by atoms with van der Waals surface area (Å²) >= 11 is 1.43. The van der Waals surface area contributed by atoms with Crippen LogP contribution in [0.2, 0.25) is 0 Å². The molecule has 10 heteroatoms. The van der Waals surface area contributed by atoms with E-state index < -0.39 is 10.0 Å². The predicted octanol–water partition coefficient (Wildman–Crippen LogP) is 2.68. The van der Waals surface area contributed by atoms with E-state index in [0.29, 0.717) is 23.8 Å². The number of nitrogens with zero attached hydrogens (tertiary/aromatic N) is 3. The third-order valence-electron chi connectivity index (χ3n) is 4.33. The Hall–Kier alpha value is -2.69. The summed E-state index contributed by atoms with van der Waals surface area (Å²) in [6, 6.07) is 8.14. The van der Waals surface area contributed by atoms with Crippen LogP contribution in [-0.2, 0) is 16.6 Å². The van der Waals surface area contributed by atoms with Crippen LogP contribution >= 0.6 is 11.3 Å². The van der Waals surface area contributed by atoms with Crippen molar-refractivity contribution in [3.05, 3.63) is 58.0 Å². The van der Waals surface area contributed by atoms with Crippen LogP contribution in [0.3, 0.4) is 0 Å². The number of benzene rings is 1. The molecule has 0 atom stereocenters. The number of aromatic nitrogens is 2. The van der Waals surface area contributed by atoms with Gasteiger partial charge in [-0.3, -0.25) is 4.79 Å². The van der Waals surface area contributed by atoms with Gasteiger partial charge in [0.1, 0.15) is 5.01 Å². The smallest absolute Gasteiger partial charge is 0.250 e. The van der Waals surface area contributed by atoms with Gasteiger partial charge < -0.3 is 14.0 Å². The Labute approximate surface area is 179 Å². The lowest BCUT2D eigenvalue weighted by atomic mass is 10.2. The summed E-state index contributed by atoms with van der Waals surface area (Å²) in [7, 11) is 0.841. The topological polar surface area (TPSA) is 90.7 Å². The highest BCUT2D eigenvalue weighted by atomic mass is 32.2. The number of methoxy groups -OCH3 is 1. The third-order valence-corrected chi connectivity index (χ3v) is 7.07. The number of pyridine rings is 1. The lowest BCUT2D eigenvalue weighted by molar-refractivity contribution is 0.311. The van der Waals surface area contributed by atoms with E-state index in [1.165, 1.54) is 48.3 Å². The summed E-state index contributed by atoms with van der Waals surface area (Å²) < 4.78 is 38.1. The van der Waals surface area contributed by atoms with Gasteiger partial charge in [-0.05, 0) is 31.2 Å². The van der Waals surface area contributed by atoms with E-state index in [4.69, 9.17) is 9.47 Å². The SMILES string of the molecule is CCOc1ccc(-c2nc(Cn3cc(S(=O)(=O)N(C)C)ccc3=O)cs2)cc1OC. The minimum absolute atomic E-state index is 0.0544. The summed E-state index contributed by atoms with van der Waals surface area (Å²) in [5.41, 5.74) is 1.22. The van der Waals surface area contributed by atoms with Crippen molar-refractivity contribution in [3.8, 4) is 22.1 Å². The minimum Gasteiger partial charge on any atom is -0.493 e. The van der Waals surface area contributed by atoms with Crippen molar-refractivity contribution < 1.29 is 17.9 Å². The Morgan fingerprint density at radius 2 is 1.93 bits per heavy atom. The number of sulfonamides is 1. The van der Waals surface area contributed by atoms with Crippen molar-refractivity contribution in [2.45, 2.75) is 18.4 Å². The first kappa shape index (κ1) is 22.0. The van der Waals surface area contributed by atoms with E-state index in [-0.39, 0.29) is 17.0 Å². The van der Waals surface area contributed by atoms with Crippen LogP contribution in [0.4, 0.5) is 0 Å². The average molecular weight is 450 g/mol. The monoisotopic (exact) mass is 449 g/mol. The van der Waals surface area contributed by atoms with Gasteiger partial charge in [0.2, 0.25) is 10.0 Å². The molecule has 0 aliphatic heterocycles. The standard InChI is InChI=1S/C20H23N3O5S2/c1-5-28-17-8-6-14(10-18(17)27-4)20-21-15(13-29-20)11-23-12-16(7-9-19(23)24)30(25,26)22(2)3/h6-10,12-13H,5,11H2,1-4H3. The molecule has 2 aromatic heterocycles. The van der Waals surface area contributed by atoms with Crippen molar-refractivity contribution in [1.29, 1.82) is 0 Å². The molecular weight excluding hydrogens is 426 g/mol. The molecule has 8 nitrogen and oxygen atoms in total. The number of ether oxygens (including phenoxy) is 2. The van der Waals surface area contributed by atoms with Crippen molar-refractivity contribution in [2.75, 3.05) is 27.8 Å². The van der Waals surface area contributed by atoms with E-state index in [2.05, 4.69) is 4.98 Å². The van der Waals surface area contributed by atoms with Crippen LogP contribution in [0.5, 0.6) is 11.5 Å². The zero-order valence-corrected chi connectivity index (χ0v) is 18.8. The quantitative estimate of drug-likeness (QED) is 0.525. The molecule has 0 unspecified atom stereocenters. The molecule has 0 radical (unpaired) electrons. The first-order valence-corrected chi connectivity index (χ1v) is 11.5. The summed E-state index contributed by atoms with van der Waals surface area (Å²) in [4.78, 5) is 16.9. The van der Waals surface area contributed by atoms with Crippen LogP contribution < -0.4 is 15.0 Å². The molecular formula is C20H23N3O5S2. The van der Waals surface area contributed by atoms with Crippen LogP contribution in [0.25, 0.3) is 10.6 Å². The molecule has 3 rings (SSSR count). The van der Waals surface area contributed by atoms with Crippen molar-refractivity contribution in [1.82, 2.24) is 13.9 Å². The van der Waals surface area contributed by atoms with Gasteiger partial charge in [-0.15, -0.1) is 11.3 Å².